The van der Waals surface area contributed by atoms with Gasteiger partial charge in [0.05, 0.1) is 23.3 Å². The van der Waals surface area contributed by atoms with Crippen molar-refractivity contribution >= 4 is 22.8 Å². The molecule has 0 N–H and O–H groups in total. The van der Waals surface area contributed by atoms with Crippen LogP contribution in [0.3, 0.4) is 0 Å². The summed E-state index contributed by atoms with van der Waals surface area (Å²) in [5.41, 5.74) is 1.54. The molecule has 1 saturated heterocycles. The summed E-state index contributed by atoms with van der Waals surface area (Å²) in [7, 11) is 0. The minimum atomic E-state index is -0.569. The maximum absolute atomic E-state index is 12.9. The topological polar surface area (TPSA) is 81.9 Å². The van der Waals surface area contributed by atoms with Crippen molar-refractivity contribution in [2.24, 2.45) is 0 Å². The Labute approximate surface area is 174 Å². The summed E-state index contributed by atoms with van der Waals surface area (Å²) in [4.78, 5) is 31.7. The number of carbonyl (C=O) groups is 2. The lowest BCUT2D eigenvalue weighted by atomic mass is 10.1. The highest BCUT2D eigenvalue weighted by atomic mass is 16.5. The summed E-state index contributed by atoms with van der Waals surface area (Å²) < 4.78 is 16.7. The summed E-state index contributed by atoms with van der Waals surface area (Å²) in [5.74, 6) is 0.523. The van der Waals surface area contributed by atoms with Gasteiger partial charge in [-0.2, -0.15) is 0 Å². The monoisotopic (exact) mass is 408 g/mol. The Morgan fingerprint density at radius 1 is 1.13 bits per heavy atom. The van der Waals surface area contributed by atoms with Crippen LogP contribution in [-0.4, -0.2) is 53.7 Å². The first kappa shape index (κ1) is 20.1. The van der Waals surface area contributed by atoms with Gasteiger partial charge in [0.15, 0.2) is 12.4 Å². The van der Waals surface area contributed by atoms with E-state index in [1.165, 1.54) is 0 Å². The molecule has 7 nitrogen and oxygen atoms in total. The fourth-order valence-electron chi connectivity index (χ4n) is 3.72. The van der Waals surface area contributed by atoms with Gasteiger partial charge >= 0.3 is 5.97 Å². The summed E-state index contributed by atoms with van der Waals surface area (Å²) >= 11 is 0. The molecule has 1 aromatic carbocycles. The van der Waals surface area contributed by atoms with Gasteiger partial charge in [0, 0.05) is 18.5 Å². The van der Waals surface area contributed by atoms with Gasteiger partial charge < -0.3 is 18.8 Å². The number of aryl methyl sites for hydroxylation is 1. The second-order valence-corrected chi connectivity index (χ2v) is 7.61. The number of ether oxygens (including phenoxy) is 2. The third-order valence-electron chi connectivity index (χ3n) is 5.03. The number of aromatic nitrogens is 1. The van der Waals surface area contributed by atoms with Crippen molar-refractivity contribution in [2.75, 3.05) is 19.7 Å². The van der Waals surface area contributed by atoms with E-state index in [0.29, 0.717) is 41.0 Å². The Balaban J connectivity index is 1.56. The molecule has 0 radical (unpaired) electrons. The number of morpholine rings is 1. The van der Waals surface area contributed by atoms with Gasteiger partial charge in [-0.15, -0.1) is 0 Å². The van der Waals surface area contributed by atoms with E-state index in [9.17, 15) is 9.59 Å². The molecule has 3 heterocycles. The second kappa shape index (κ2) is 8.28. The molecule has 1 aliphatic heterocycles. The average molecular weight is 408 g/mol. The Hall–Kier alpha value is -3.19. The molecule has 7 heteroatoms. The maximum Gasteiger partial charge on any atom is 0.339 e. The van der Waals surface area contributed by atoms with Crippen LogP contribution in [0.2, 0.25) is 0 Å². The fourth-order valence-corrected chi connectivity index (χ4v) is 3.72. The molecular formula is C23H24N2O5. The molecule has 0 unspecified atom stereocenters. The van der Waals surface area contributed by atoms with Crippen molar-refractivity contribution < 1.29 is 23.5 Å². The van der Waals surface area contributed by atoms with Crippen molar-refractivity contribution in [3.63, 3.8) is 0 Å². The quantitative estimate of drug-likeness (QED) is 0.614. The molecule has 1 amide bonds. The number of pyridine rings is 1. The summed E-state index contributed by atoms with van der Waals surface area (Å²) in [6, 6.07) is 12.6. The highest BCUT2D eigenvalue weighted by Crippen LogP contribution is 2.26. The second-order valence-electron chi connectivity index (χ2n) is 7.61. The molecule has 0 spiro atoms. The summed E-state index contributed by atoms with van der Waals surface area (Å²) in [6.07, 6.45) is -0.0892. The standard InChI is InChI=1S/C23H24N2O5/c1-14-8-9-21(30-14)20-10-18(17-6-4-5-7-19(17)24-20)23(27)28-13-22(26)25-11-15(2)29-16(3)12-25/h4-10,15-16H,11-13H2,1-3H3/t15-,16-/m0/s1. The van der Waals surface area contributed by atoms with Crippen LogP contribution in [0.5, 0.6) is 0 Å². The number of amides is 1. The Bertz CT molecular complexity index is 1080. The summed E-state index contributed by atoms with van der Waals surface area (Å²) in [6.45, 7) is 6.34. The van der Waals surface area contributed by atoms with Crippen molar-refractivity contribution in [3.8, 4) is 11.5 Å². The number of hydrogen-bond acceptors (Lipinski definition) is 6. The highest BCUT2D eigenvalue weighted by Gasteiger charge is 2.27. The van der Waals surface area contributed by atoms with E-state index in [1.54, 1.807) is 11.0 Å². The molecule has 4 rings (SSSR count). The van der Waals surface area contributed by atoms with Crippen molar-refractivity contribution in [1.29, 1.82) is 0 Å². The smallest absolute Gasteiger partial charge is 0.339 e. The van der Waals surface area contributed by atoms with Crippen LogP contribution >= 0.6 is 0 Å². The number of furan rings is 1. The molecule has 0 aliphatic carbocycles. The van der Waals surface area contributed by atoms with Gasteiger partial charge in [-0.05, 0) is 45.0 Å². The van der Waals surface area contributed by atoms with Gasteiger partial charge in [-0.1, -0.05) is 18.2 Å². The number of carbonyl (C=O) groups excluding carboxylic acids is 2. The minimum Gasteiger partial charge on any atom is -0.460 e. The first-order valence-electron chi connectivity index (χ1n) is 9.97. The van der Waals surface area contributed by atoms with E-state index in [0.717, 1.165) is 5.76 Å². The van der Waals surface area contributed by atoms with Crippen molar-refractivity contribution in [3.05, 3.63) is 53.8 Å². The number of esters is 1. The highest BCUT2D eigenvalue weighted by molar-refractivity contribution is 6.05. The molecule has 1 fully saturated rings. The van der Waals surface area contributed by atoms with Gasteiger partial charge in [0.1, 0.15) is 11.5 Å². The van der Waals surface area contributed by atoms with Gasteiger partial charge in [0.25, 0.3) is 5.91 Å². The van der Waals surface area contributed by atoms with E-state index >= 15 is 0 Å². The number of benzene rings is 1. The fraction of sp³-hybridized carbons (Fsp3) is 0.348. The zero-order valence-electron chi connectivity index (χ0n) is 17.3. The number of rotatable bonds is 4. The van der Waals surface area contributed by atoms with E-state index < -0.39 is 5.97 Å². The predicted octanol–water partition coefficient (Wildman–Crippen LogP) is 3.60. The lowest BCUT2D eigenvalue weighted by Crippen LogP contribution is -2.49. The third-order valence-corrected chi connectivity index (χ3v) is 5.03. The molecule has 1 aliphatic rings. The first-order valence-corrected chi connectivity index (χ1v) is 9.97. The van der Waals surface area contributed by atoms with Crippen LogP contribution in [0, 0.1) is 6.92 Å². The average Bonchev–Trinajstić information content (AvgIpc) is 3.16. The molecule has 2 atom stereocenters. The maximum atomic E-state index is 12.9. The predicted molar refractivity (Wildman–Crippen MR) is 111 cm³/mol. The summed E-state index contributed by atoms with van der Waals surface area (Å²) in [5, 5.41) is 0.663. The lowest BCUT2D eigenvalue weighted by molar-refractivity contribution is -0.146. The van der Waals surface area contributed by atoms with Crippen LogP contribution in [0.15, 0.2) is 46.9 Å². The van der Waals surface area contributed by atoms with Crippen molar-refractivity contribution in [2.45, 2.75) is 33.0 Å². The largest absolute Gasteiger partial charge is 0.460 e. The van der Waals surface area contributed by atoms with Gasteiger partial charge in [-0.3, -0.25) is 4.79 Å². The van der Waals surface area contributed by atoms with Crippen LogP contribution < -0.4 is 0 Å². The number of para-hydroxylation sites is 1. The van der Waals surface area contributed by atoms with Gasteiger partial charge in [0.2, 0.25) is 0 Å². The van der Waals surface area contributed by atoms with Crippen LogP contribution in [0.25, 0.3) is 22.4 Å². The van der Waals surface area contributed by atoms with E-state index in [1.807, 2.05) is 57.2 Å². The van der Waals surface area contributed by atoms with Crippen LogP contribution in [-0.2, 0) is 14.3 Å². The third kappa shape index (κ3) is 4.21. The molecule has 0 bridgehead atoms. The molecule has 156 valence electrons. The number of fused-ring (bicyclic) bond motifs is 1. The number of hydrogen-bond donors (Lipinski definition) is 0. The Kier molecular flexibility index (Phi) is 5.55. The molecule has 30 heavy (non-hydrogen) atoms. The molecule has 2 aromatic heterocycles. The SMILES string of the molecule is Cc1ccc(-c2cc(C(=O)OCC(=O)N3C[C@H](C)O[C@@H](C)C3)c3ccccc3n2)o1. The zero-order valence-corrected chi connectivity index (χ0v) is 17.3. The molecule has 0 saturated carbocycles. The van der Waals surface area contributed by atoms with E-state index in [2.05, 4.69) is 4.98 Å². The number of nitrogens with zero attached hydrogens (tertiary/aromatic N) is 2. The van der Waals surface area contributed by atoms with Crippen LogP contribution in [0.1, 0.15) is 30.0 Å². The molecular weight excluding hydrogens is 384 g/mol. The van der Waals surface area contributed by atoms with Crippen molar-refractivity contribution in [1.82, 2.24) is 9.88 Å². The Morgan fingerprint density at radius 3 is 2.57 bits per heavy atom. The van der Waals surface area contributed by atoms with Gasteiger partial charge in [-0.25, -0.2) is 9.78 Å². The normalized spacial score (nSPS) is 19.1. The first-order chi connectivity index (χ1) is 14.4. The lowest BCUT2D eigenvalue weighted by Gasteiger charge is -2.35. The minimum absolute atomic E-state index is 0.0446. The van der Waals surface area contributed by atoms with E-state index in [-0.39, 0.29) is 24.7 Å². The molecule has 3 aromatic rings. The van der Waals surface area contributed by atoms with Crippen LogP contribution in [0.4, 0.5) is 0 Å². The zero-order chi connectivity index (χ0) is 21.3. The van der Waals surface area contributed by atoms with E-state index in [4.69, 9.17) is 13.9 Å². The Morgan fingerprint density at radius 2 is 1.87 bits per heavy atom.